The maximum absolute atomic E-state index is 14.4. The van der Waals surface area contributed by atoms with Crippen molar-refractivity contribution in [2.75, 3.05) is 31.1 Å². The van der Waals surface area contributed by atoms with E-state index in [1.807, 2.05) is 17.9 Å². The van der Waals surface area contributed by atoms with E-state index in [-0.39, 0.29) is 24.3 Å². The van der Waals surface area contributed by atoms with E-state index >= 15 is 0 Å². The molecule has 1 aromatic carbocycles. The molecule has 1 atom stereocenters. The lowest BCUT2D eigenvalue weighted by molar-refractivity contribution is -0.119. The molecule has 4 nitrogen and oxygen atoms in total. The van der Waals surface area contributed by atoms with E-state index in [2.05, 4.69) is 17.6 Å². The van der Waals surface area contributed by atoms with Crippen LogP contribution in [0, 0.1) is 5.82 Å². The summed E-state index contributed by atoms with van der Waals surface area (Å²) >= 11 is 0. The molecule has 1 unspecified atom stereocenters. The summed E-state index contributed by atoms with van der Waals surface area (Å²) in [7, 11) is 0. The molecule has 1 aliphatic heterocycles. The van der Waals surface area contributed by atoms with Gasteiger partial charge in [-0.15, -0.1) is 0 Å². The lowest BCUT2D eigenvalue weighted by Gasteiger charge is -2.23. The fourth-order valence-corrected chi connectivity index (χ4v) is 2.54. The molecule has 0 bridgehead atoms. The van der Waals surface area contributed by atoms with Crippen molar-refractivity contribution in [2.45, 2.75) is 32.7 Å². The van der Waals surface area contributed by atoms with Crippen molar-refractivity contribution in [3.05, 3.63) is 29.6 Å². The molecule has 0 aromatic heterocycles. The molecule has 2 rings (SSSR count). The number of nitrogens with zero attached hydrogens (tertiary/aromatic N) is 1. The molecule has 1 saturated heterocycles. The Labute approximate surface area is 125 Å². The summed E-state index contributed by atoms with van der Waals surface area (Å²) in [5, 5.41) is 6.15. The third-order valence-corrected chi connectivity index (χ3v) is 3.77. The number of carbonyl (C=O) groups is 1. The average Bonchev–Trinajstić information content (AvgIpc) is 2.69. The zero-order chi connectivity index (χ0) is 15.2. The molecule has 1 amide bonds. The van der Waals surface area contributed by atoms with E-state index in [1.54, 1.807) is 12.1 Å². The molecule has 2 N–H and O–H groups in total. The van der Waals surface area contributed by atoms with Gasteiger partial charge in [0.25, 0.3) is 0 Å². The van der Waals surface area contributed by atoms with Gasteiger partial charge in [0.2, 0.25) is 5.91 Å². The summed E-state index contributed by atoms with van der Waals surface area (Å²) < 4.78 is 14.4. The predicted molar refractivity (Wildman–Crippen MR) is 82.9 cm³/mol. The lowest BCUT2D eigenvalue weighted by Crippen LogP contribution is -2.33. The first-order chi connectivity index (χ1) is 10.1. The largest absolute Gasteiger partial charge is 0.360 e. The molecule has 0 spiro atoms. The second-order valence-corrected chi connectivity index (χ2v) is 5.51. The van der Waals surface area contributed by atoms with Gasteiger partial charge in [-0.05, 0) is 44.0 Å². The highest BCUT2D eigenvalue weighted by atomic mass is 19.1. The fourth-order valence-electron chi connectivity index (χ4n) is 2.54. The first-order valence-electron chi connectivity index (χ1n) is 7.66. The molecule has 1 aromatic rings. The summed E-state index contributed by atoms with van der Waals surface area (Å²) in [6, 6.07) is 5.42. The highest BCUT2D eigenvalue weighted by Gasteiger charge is 2.18. The van der Waals surface area contributed by atoms with Crippen LogP contribution in [-0.2, 0) is 4.79 Å². The zero-order valence-electron chi connectivity index (χ0n) is 12.8. The van der Waals surface area contributed by atoms with Crippen LogP contribution in [0.3, 0.4) is 0 Å². The Bertz CT molecular complexity index is 492. The Kier molecular flexibility index (Phi) is 5.56. The minimum atomic E-state index is -0.257. The van der Waals surface area contributed by atoms with Gasteiger partial charge in [0.15, 0.2) is 0 Å². The van der Waals surface area contributed by atoms with E-state index in [0.717, 1.165) is 24.9 Å². The van der Waals surface area contributed by atoms with Crippen molar-refractivity contribution in [3.63, 3.8) is 0 Å². The van der Waals surface area contributed by atoms with Gasteiger partial charge in [0.05, 0.1) is 12.2 Å². The van der Waals surface area contributed by atoms with Gasteiger partial charge < -0.3 is 15.5 Å². The Morgan fingerprint density at radius 2 is 2.29 bits per heavy atom. The van der Waals surface area contributed by atoms with Crippen molar-refractivity contribution < 1.29 is 9.18 Å². The van der Waals surface area contributed by atoms with E-state index in [9.17, 15) is 9.18 Å². The quantitative estimate of drug-likeness (QED) is 0.875. The van der Waals surface area contributed by atoms with Crippen molar-refractivity contribution in [3.8, 4) is 0 Å². The third-order valence-electron chi connectivity index (χ3n) is 3.77. The van der Waals surface area contributed by atoms with Gasteiger partial charge in [-0.3, -0.25) is 4.79 Å². The highest BCUT2D eigenvalue weighted by Crippen LogP contribution is 2.24. The fraction of sp³-hybridized carbons (Fsp3) is 0.562. The van der Waals surface area contributed by atoms with E-state index in [4.69, 9.17) is 0 Å². The molecule has 21 heavy (non-hydrogen) atoms. The van der Waals surface area contributed by atoms with Gasteiger partial charge in [-0.2, -0.15) is 0 Å². The van der Waals surface area contributed by atoms with E-state index < -0.39 is 0 Å². The van der Waals surface area contributed by atoms with Gasteiger partial charge >= 0.3 is 0 Å². The van der Waals surface area contributed by atoms with Gasteiger partial charge in [-0.25, -0.2) is 4.39 Å². The van der Waals surface area contributed by atoms with Crippen LogP contribution in [-0.4, -0.2) is 32.1 Å². The van der Waals surface area contributed by atoms with Crippen LogP contribution in [0.2, 0.25) is 0 Å². The molecule has 0 saturated carbocycles. The molecule has 1 heterocycles. The Hall–Kier alpha value is -1.62. The van der Waals surface area contributed by atoms with Gasteiger partial charge in [-0.1, -0.05) is 13.0 Å². The SMILES string of the molecule is CCCNC(C)c1ccc(N2CCCNC(=O)C2)c(F)c1. The molecular formula is C16H24FN3O. The lowest BCUT2D eigenvalue weighted by atomic mass is 10.1. The Morgan fingerprint density at radius 1 is 1.48 bits per heavy atom. The van der Waals surface area contributed by atoms with Crippen LogP contribution in [0.5, 0.6) is 0 Å². The summed E-state index contributed by atoms with van der Waals surface area (Å²) in [5.74, 6) is -0.304. The minimum Gasteiger partial charge on any atom is -0.360 e. The van der Waals surface area contributed by atoms with Crippen LogP contribution in [0.15, 0.2) is 18.2 Å². The van der Waals surface area contributed by atoms with E-state index in [1.165, 1.54) is 0 Å². The number of hydrogen-bond acceptors (Lipinski definition) is 3. The third kappa shape index (κ3) is 4.17. The number of nitrogens with one attached hydrogen (secondary N) is 2. The number of hydrogen-bond donors (Lipinski definition) is 2. The van der Waals surface area contributed by atoms with Crippen molar-refractivity contribution in [2.24, 2.45) is 0 Å². The minimum absolute atomic E-state index is 0.0473. The summed E-state index contributed by atoms with van der Waals surface area (Å²) in [4.78, 5) is 13.4. The van der Waals surface area contributed by atoms with Crippen molar-refractivity contribution >= 4 is 11.6 Å². The highest BCUT2D eigenvalue weighted by molar-refractivity contribution is 5.81. The predicted octanol–water partition coefficient (Wildman–Crippen LogP) is 2.21. The maximum Gasteiger partial charge on any atom is 0.239 e. The van der Waals surface area contributed by atoms with Crippen molar-refractivity contribution in [1.82, 2.24) is 10.6 Å². The molecule has 0 radical (unpaired) electrons. The zero-order valence-corrected chi connectivity index (χ0v) is 12.8. The van der Waals surface area contributed by atoms with Crippen LogP contribution in [0.25, 0.3) is 0 Å². The monoisotopic (exact) mass is 293 g/mol. The standard InChI is InChI=1S/C16H24FN3O/c1-3-7-18-12(2)13-5-6-15(14(17)10-13)20-9-4-8-19-16(21)11-20/h5-6,10,12,18H,3-4,7-9,11H2,1-2H3,(H,19,21). The number of benzene rings is 1. The molecule has 116 valence electrons. The van der Waals surface area contributed by atoms with Crippen LogP contribution in [0.4, 0.5) is 10.1 Å². The number of amides is 1. The first kappa shape index (κ1) is 15.8. The van der Waals surface area contributed by atoms with Gasteiger partial charge in [0, 0.05) is 19.1 Å². The molecular weight excluding hydrogens is 269 g/mol. The normalized spacial score (nSPS) is 17.3. The van der Waals surface area contributed by atoms with Crippen LogP contribution in [0.1, 0.15) is 38.3 Å². The first-order valence-corrected chi connectivity index (χ1v) is 7.66. The molecule has 1 fully saturated rings. The Morgan fingerprint density at radius 3 is 3.00 bits per heavy atom. The average molecular weight is 293 g/mol. The summed E-state index contributed by atoms with van der Waals surface area (Å²) in [6.45, 7) is 6.62. The molecule has 5 heteroatoms. The maximum atomic E-state index is 14.4. The summed E-state index contributed by atoms with van der Waals surface area (Å²) in [6.07, 6.45) is 1.88. The van der Waals surface area contributed by atoms with Gasteiger partial charge in [0.1, 0.15) is 5.82 Å². The van der Waals surface area contributed by atoms with Crippen molar-refractivity contribution in [1.29, 1.82) is 0 Å². The summed E-state index contributed by atoms with van der Waals surface area (Å²) in [5.41, 5.74) is 1.45. The molecule has 1 aliphatic rings. The second kappa shape index (κ2) is 7.41. The second-order valence-electron chi connectivity index (χ2n) is 5.51. The number of halogens is 1. The smallest absolute Gasteiger partial charge is 0.239 e. The van der Waals surface area contributed by atoms with Crippen LogP contribution < -0.4 is 15.5 Å². The Balaban J connectivity index is 2.12. The van der Waals surface area contributed by atoms with E-state index in [0.29, 0.717) is 18.8 Å². The van der Waals surface area contributed by atoms with Crippen LogP contribution >= 0.6 is 0 Å². The number of rotatable bonds is 5. The topological polar surface area (TPSA) is 44.4 Å². The molecule has 0 aliphatic carbocycles. The number of anilines is 1. The number of carbonyl (C=O) groups excluding carboxylic acids is 1.